The monoisotopic (exact) mass is 493 g/mol. The number of nitrogens with zero attached hydrogens (tertiary/aromatic N) is 6. The Morgan fingerprint density at radius 2 is 1.89 bits per heavy atom. The molecular weight excluding hydrogens is 466 g/mol. The summed E-state index contributed by atoms with van der Waals surface area (Å²) < 4.78 is 33.5. The largest absolute Gasteiger partial charge is 0.487 e. The Kier molecular flexibility index (Phi) is 5.89. The van der Waals surface area contributed by atoms with Crippen molar-refractivity contribution in [2.24, 2.45) is 0 Å². The molecule has 0 bridgehead atoms. The number of hydrogen-bond acceptors (Lipinski definition) is 8. The molecule has 35 heavy (non-hydrogen) atoms. The van der Waals surface area contributed by atoms with Crippen LogP contribution < -0.4 is 10.1 Å². The zero-order chi connectivity index (χ0) is 24.7. The van der Waals surface area contributed by atoms with E-state index in [1.54, 1.807) is 17.8 Å². The molecule has 10 nitrogen and oxygen atoms in total. The number of anilines is 2. The molecule has 0 aromatic carbocycles. The van der Waals surface area contributed by atoms with Gasteiger partial charge in [0.1, 0.15) is 23.5 Å². The number of rotatable bonds is 5. The molecule has 0 radical (unpaired) electrons. The summed E-state index contributed by atoms with van der Waals surface area (Å²) in [6, 6.07) is 9.81. The minimum Gasteiger partial charge on any atom is -0.487 e. The van der Waals surface area contributed by atoms with Gasteiger partial charge in [-0.25, -0.2) is 27.2 Å². The van der Waals surface area contributed by atoms with Crippen LogP contribution in [0.2, 0.25) is 0 Å². The maximum Gasteiger partial charge on any atom is 0.214 e. The molecule has 4 aromatic heterocycles. The van der Waals surface area contributed by atoms with Crippen molar-refractivity contribution in [3.05, 3.63) is 59.9 Å². The summed E-state index contributed by atoms with van der Waals surface area (Å²) >= 11 is 0. The van der Waals surface area contributed by atoms with Gasteiger partial charge in [0, 0.05) is 48.7 Å². The minimum absolute atomic E-state index is 0.0751. The van der Waals surface area contributed by atoms with E-state index in [0.29, 0.717) is 36.2 Å². The number of aromatic nitrogens is 5. The van der Waals surface area contributed by atoms with E-state index >= 15 is 0 Å². The average molecular weight is 494 g/mol. The van der Waals surface area contributed by atoms with Crippen molar-refractivity contribution < 1.29 is 13.2 Å². The van der Waals surface area contributed by atoms with E-state index in [9.17, 15) is 8.42 Å². The second kappa shape index (κ2) is 8.90. The Hall–Kier alpha value is -3.57. The van der Waals surface area contributed by atoms with Crippen molar-refractivity contribution in [3.8, 4) is 16.9 Å². The fraction of sp³-hybridized carbons (Fsp3) is 0.333. The lowest BCUT2D eigenvalue weighted by molar-refractivity contribution is 0.164. The Morgan fingerprint density at radius 1 is 1.06 bits per heavy atom. The molecule has 1 atom stereocenters. The number of ether oxygens (including phenoxy) is 1. The highest BCUT2D eigenvalue weighted by molar-refractivity contribution is 7.89. The van der Waals surface area contributed by atoms with Crippen molar-refractivity contribution in [2.75, 3.05) is 24.7 Å². The molecule has 0 unspecified atom stereocenters. The van der Waals surface area contributed by atoms with Crippen LogP contribution in [0.4, 0.5) is 11.6 Å². The van der Waals surface area contributed by atoms with E-state index in [-0.39, 0.29) is 11.9 Å². The molecule has 0 saturated carbocycles. The van der Waals surface area contributed by atoms with E-state index in [4.69, 9.17) is 4.74 Å². The number of likely N-dealkylation sites (N-methyl/N-ethyl adjacent to an activating group) is 1. The van der Waals surface area contributed by atoms with Crippen LogP contribution >= 0.6 is 0 Å². The standard InChI is InChI=1S/C24H27N7O3S/c1-15-9-21(22(13-25-15)34-20-6-8-35(32,33)30(4)14-20)18-5-7-31-19(11-18)12-24(29-31)28-23-10-16(2)26-17(3)27-23/h5,7,9-13,20H,6,8,14H2,1-4H3,(H,26,27,28,29)/t20-/m1/s1. The topological polar surface area (TPSA) is 115 Å². The lowest BCUT2D eigenvalue weighted by Gasteiger charge is -2.30. The molecule has 5 heterocycles. The highest BCUT2D eigenvalue weighted by atomic mass is 32.2. The van der Waals surface area contributed by atoms with Crippen LogP contribution in [0.25, 0.3) is 16.6 Å². The third kappa shape index (κ3) is 4.96. The van der Waals surface area contributed by atoms with Gasteiger partial charge in [-0.3, -0.25) is 4.98 Å². The van der Waals surface area contributed by atoms with Gasteiger partial charge in [-0.15, -0.1) is 0 Å². The normalized spacial score (nSPS) is 18.0. The Bertz CT molecular complexity index is 1500. The van der Waals surface area contributed by atoms with Gasteiger partial charge in [-0.05, 0) is 44.5 Å². The number of nitrogens with one attached hydrogen (secondary N) is 1. The maximum atomic E-state index is 12.0. The zero-order valence-corrected chi connectivity index (χ0v) is 20.9. The van der Waals surface area contributed by atoms with Gasteiger partial charge < -0.3 is 10.1 Å². The Morgan fingerprint density at radius 3 is 2.66 bits per heavy atom. The van der Waals surface area contributed by atoms with Gasteiger partial charge in [0.2, 0.25) is 10.0 Å². The van der Waals surface area contributed by atoms with Gasteiger partial charge in [-0.2, -0.15) is 5.10 Å². The summed E-state index contributed by atoms with van der Waals surface area (Å²) in [4.78, 5) is 13.1. The molecule has 182 valence electrons. The van der Waals surface area contributed by atoms with Crippen molar-refractivity contribution in [1.82, 2.24) is 28.9 Å². The molecule has 0 spiro atoms. The average Bonchev–Trinajstić information content (AvgIpc) is 3.18. The van der Waals surface area contributed by atoms with Crippen LogP contribution in [0.1, 0.15) is 23.6 Å². The predicted octanol–water partition coefficient (Wildman–Crippen LogP) is 3.27. The highest BCUT2D eigenvalue weighted by Gasteiger charge is 2.30. The number of hydrogen-bond donors (Lipinski definition) is 1. The second-order valence-corrected chi connectivity index (χ2v) is 11.0. The molecule has 1 saturated heterocycles. The molecular formula is C24H27N7O3S. The molecule has 4 aromatic rings. The first-order chi connectivity index (χ1) is 16.7. The number of sulfonamides is 1. The van der Waals surface area contributed by atoms with E-state index in [1.165, 1.54) is 4.31 Å². The molecule has 1 N–H and O–H groups in total. The first-order valence-electron chi connectivity index (χ1n) is 11.3. The molecule has 1 fully saturated rings. The van der Waals surface area contributed by atoms with E-state index in [0.717, 1.165) is 28.0 Å². The minimum atomic E-state index is -3.19. The first-order valence-corrected chi connectivity index (χ1v) is 12.9. The third-order valence-corrected chi connectivity index (χ3v) is 7.78. The number of pyridine rings is 2. The van der Waals surface area contributed by atoms with Crippen molar-refractivity contribution in [1.29, 1.82) is 0 Å². The molecule has 1 aliphatic rings. The van der Waals surface area contributed by atoms with Crippen LogP contribution in [-0.4, -0.2) is 62.7 Å². The van der Waals surface area contributed by atoms with Crippen molar-refractivity contribution in [2.45, 2.75) is 33.3 Å². The van der Waals surface area contributed by atoms with Gasteiger partial charge in [-0.1, -0.05) is 0 Å². The van der Waals surface area contributed by atoms with Gasteiger partial charge in [0.15, 0.2) is 5.82 Å². The smallest absolute Gasteiger partial charge is 0.214 e. The van der Waals surface area contributed by atoms with E-state index in [2.05, 4.69) is 25.4 Å². The maximum absolute atomic E-state index is 12.0. The van der Waals surface area contributed by atoms with Crippen LogP contribution in [0.5, 0.6) is 5.75 Å². The van der Waals surface area contributed by atoms with Crippen molar-refractivity contribution in [3.63, 3.8) is 0 Å². The Labute approximate surface area is 204 Å². The number of fused-ring (bicyclic) bond motifs is 1. The highest BCUT2D eigenvalue weighted by Crippen LogP contribution is 2.33. The van der Waals surface area contributed by atoms with Crippen LogP contribution in [-0.2, 0) is 10.0 Å². The van der Waals surface area contributed by atoms with E-state index < -0.39 is 10.0 Å². The van der Waals surface area contributed by atoms with Crippen LogP contribution in [0.15, 0.2) is 42.7 Å². The van der Waals surface area contributed by atoms with Gasteiger partial charge in [0.05, 0.1) is 24.0 Å². The lowest BCUT2D eigenvalue weighted by Crippen LogP contribution is -2.44. The first kappa shape index (κ1) is 23.2. The summed E-state index contributed by atoms with van der Waals surface area (Å²) in [5.41, 5.74) is 4.49. The fourth-order valence-corrected chi connectivity index (χ4v) is 5.47. The molecule has 11 heteroatoms. The lowest BCUT2D eigenvalue weighted by atomic mass is 10.1. The fourth-order valence-electron chi connectivity index (χ4n) is 4.21. The zero-order valence-electron chi connectivity index (χ0n) is 20.1. The molecule has 5 rings (SSSR count). The summed E-state index contributed by atoms with van der Waals surface area (Å²) in [6.07, 6.45) is 3.81. The predicted molar refractivity (Wildman–Crippen MR) is 133 cm³/mol. The van der Waals surface area contributed by atoms with Gasteiger partial charge in [0.25, 0.3) is 0 Å². The summed E-state index contributed by atoms with van der Waals surface area (Å²) in [7, 11) is -1.61. The van der Waals surface area contributed by atoms with Crippen molar-refractivity contribution >= 4 is 27.2 Å². The van der Waals surface area contributed by atoms with Crippen LogP contribution in [0, 0.1) is 20.8 Å². The molecule has 0 aliphatic carbocycles. The number of aryl methyl sites for hydroxylation is 3. The SMILES string of the molecule is Cc1cc(-c2ccn3nc(Nc4cc(C)nc(C)n4)cc3c2)c(O[C@@H]2CCS(=O)(=O)N(C)C2)cn1. The molecule has 1 aliphatic heterocycles. The Balaban J connectivity index is 1.43. The summed E-state index contributed by atoms with van der Waals surface area (Å²) in [5.74, 6) is 2.77. The third-order valence-electron chi connectivity index (χ3n) is 5.93. The summed E-state index contributed by atoms with van der Waals surface area (Å²) in [5, 5.41) is 7.84. The molecule has 0 amide bonds. The quantitative estimate of drug-likeness (QED) is 0.451. The van der Waals surface area contributed by atoms with Gasteiger partial charge >= 0.3 is 0 Å². The van der Waals surface area contributed by atoms with Crippen LogP contribution in [0.3, 0.4) is 0 Å². The second-order valence-electron chi connectivity index (χ2n) is 8.83. The summed E-state index contributed by atoms with van der Waals surface area (Å²) in [6.45, 7) is 6.03. The van der Waals surface area contributed by atoms with E-state index in [1.807, 2.05) is 57.3 Å².